The molecule has 0 unspecified atom stereocenters. The van der Waals surface area contributed by atoms with Crippen molar-refractivity contribution >= 4 is 12.2 Å². The third-order valence-electron chi connectivity index (χ3n) is 1.55. The lowest BCUT2D eigenvalue weighted by Crippen LogP contribution is -2.24. The molecule has 0 bridgehead atoms. The van der Waals surface area contributed by atoms with Crippen molar-refractivity contribution in [1.29, 1.82) is 0 Å². The van der Waals surface area contributed by atoms with E-state index in [2.05, 4.69) is 10.2 Å². The van der Waals surface area contributed by atoms with E-state index in [1.807, 2.05) is 25.3 Å². The first-order valence-corrected chi connectivity index (χ1v) is 4.15. The molecule has 1 aromatic heterocycles. The highest BCUT2D eigenvalue weighted by Gasteiger charge is 2.18. The fourth-order valence-corrected chi connectivity index (χ4v) is 1.55. The van der Waals surface area contributed by atoms with Gasteiger partial charge in [-0.25, -0.2) is 0 Å². The van der Waals surface area contributed by atoms with Crippen LogP contribution in [0.4, 0.5) is 0 Å². The van der Waals surface area contributed by atoms with Gasteiger partial charge in [-0.15, -0.1) is 0 Å². The second-order valence-corrected chi connectivity index (χ2v) is 4.00. The SMILES string of the molecule is CC(C)(C)n1c(CO)n[nH]c1=S. The van der Waals surface area contributed by atoms with Crippen molar-refractivity contribution in [2.24, 2.45) is 0 Å². The van der Waals surface area contributed by atoms with Gasteiger partial charge in [0.1, 0.15) is 6.61 Å². The van der Waals surface area contributed by atoms with Crippen LogP contribution in [0.15, 0.2) is 0 Å². The molecule has 0 spiro atoms. The zero-order valence-electron chi connectivity index (χ0n) is 7.46. The van der Waals surface area contributed by atoms with Crippen molar-refractivity contribution in [3.8, 4) is 0 Å². The zero-order chi connectivity index (χ0) is 9.35. The molecule has 0 aliphatic carbocycles. The lowest BCUT2D eigenvalue weighted by atomic mass is 10.1. The van der Waals surface area contributed by atoms with Gasteiger partial charge in [0.05, 0.1) is 0 Å². The first kappa shape index (κ1) is 9.41. The summed E-state index contributed by atoms with van der Waals surface area (Å²) >= 11 is 5.02. The van der Waals surface area contributed by atoms with E-state index >= 15 is 0 Å². The van der Waals surface area contributed by atoms with Crippen LogP contribution in [0.5, 0.6) is 0 Å². The molecule has 0 radical (unpaired) electrons. The monoisotopic (exact) mass is 187 g/mol. The Bertz CT molecular complexity index is 320. The van der Waals surface area contributed by atoms with Crippen molar-refractivity contribution in [3.05, 3.63) is 10.6 Å². The molecular weight excluding hydrogens is 174 g/mol. The number of rotatable bonds is 1. The summed E-state index contributed by atoms with van der Waals surface area (Å²) in [6.07, 6.45) is 0. The average molecular weight is 187 g/mol. The number of hydrogen-bond acceptors (Lipinski definition) is 3. The number of aromatic amines is 1. The van der Waals surface area contributed by atoms with Gasteiger partial charge in [0.2, 0.25) is 0 Å². The summed E-state index contributed by atoms with van der Waals surface area (Å²) < 4.78 is 2.36. The molecule has 0 saturated heterocycles. The van der Waals surface area contributed by atoms with Gasteiger partial charge in [0.15, 0.2) is 10.6 Å². The van der Waals surface area contributed by atoms with Crippen molar-refractivity contribution in [3.63, 3.8) is 0 Å². The smallest absolute Gasteiger partial charge is 0.195 e. The zero-order valence-corrected chi connectivity index (χ0v) is 8.27. The molecule has 2 N–H and O–H groups in total. The summed E-state index contributed by atoms with van der Waals surface area (Å²) in [6, 6.07) is 0. The molecule has 12 heavy (non-hydrogen) atoms. The maximum atomic E-state index is 8.95. The molecule has 1 aromatic rings. The van der Waals surface area contributed by atoms with Crippen LogP contribution in [0, 0.1) is 4.77 Å². The molecule has 0 amide bonds. The summed E-state index contributed by atoms with van der Waals surface area (Å²) in [4.78, 5) is 0. The largest absolute Gasteiger partial charge is 0.388 e. The summed E-state index contributed by atoms with van der Waals surface area (Å²) in [5, 5.41) is 15.5. The normalized spacial score (nSPS) is 12.0. The van der Waals surface area contributed by atoms with E-state index < -0.39 is 0 Å². The number of H-pyrrole nitrogens is 1. The molecule has 1 rings (SSSR count). The Kier molecular flexibility index (Phi) is 2.34. The molecule has 68 valence electrons. The Morgan fingerprint density at radius 3 is 2.50 bits per heavy atom. The van der Waals surface area contributed by atoms with E-state index in [9.17, 15) is 0 Å². The molecule has 0 saturated carbocycles. The van der Waals surface area contributed by atoms with Gasteiger partial charge < -0.3 is 5.11 Å². The Hall–Kier alpha value is -0.680. The van der Waals surface area contributed by atoms with E-state index in [1.54, 1.807) is 0 Å². The summed E-state index contributed by atoms with van der Waals surface area (Å²) in [5.41, 5.74) is -0.137. The Labute approximate surface area is 76.2 Å². The van der Waals surface area contributed by atoms with Crippen LogP contribution in [-0.4, -0.2) is 19.9 Å². The minimum Gasteiger partial charge on any atom is -0.388 e. The van der Waals surface area contributed by atoms with Gasteiger partial charge in [-0.05, 0) is 33.0 Å². The number of aliphatic hydroxyl groups is 1. The van der Waals surface area contributed by atoms with Gasteiger partial charge in [0.25, 0.3) is 0 Å². The van der Waals surface area contributed by atoms with Gasteiger partial charge in [-0.1, -0.05) is 0 Å². The predicted molar refractivity (Wildman–Crippen MR) is 48.3 cm³/mol. The first-order valence-electron chi connectivity index (χ1n) is 3.74. The average Bonchev–Trinajstić information content (AvgIpc) is 2.29. The number of nitrogens with zero attached hydrogens (tertiary/aromatic N) is 2. The number of nitrogens with one attached hydrogen (secondary N) is 1. The first-order chi connectivity index (χ1) is 5.46. The van der Waals surface area contributed by atoms with Gasteiger partial charge in [-0.3, -0.25) is 9.67 Å². The third kappa shape index (κ3) is 1.56. The number of aromatic nitrogens is 3. The van der Waals surface area contributed by atoms with E-state index in [1.165, 1.54) is 0 Å². The molecule has 0 aromatic carbocycles. The van der Waals surface area contributed by atoms with Crippen molar-refractivity contribution in [1.82, 2.24) is 14.8 Å². The van der Waals surface area contributed by atoms with Crippen LogP contribution in [0.25, 0.3) is 0 Å². The highest BCUT2D eigenvalue weighted by Crippen LogP contribution is 2.15. The number of hydrogen-bond donors (Lipinski definition) is 2. The third-order valence-corrected chi connectivity index (χ3v) is 1.83. The molecule has 0 fully saturated rings. The van der Waals surface area contributed by atoms with Crippen LogP contribution in [0.3, 0.4) is 0 Å². The molecule has 0 atom stereocenters. The summed E-state index contributed by atoms with van der Waals surface area (Å²) in [6.45, 7) is 5.94. The van der Waals surface area contributed by atoms with Crippen molar-refractivity contribution in [2.45, 2.75) is 32.9 Å². The van der Waals surface area contributed by atoms with Crippen molar-refractivity contribution < 1.29 is 5.11 Å². The molecule has 0 aliphatic heterocycles. The van der Waals surface area contributed by atoms with Gasteiger partial charge in [0, 0.05) is 5.54 Å². The van der Waals surface area contributed by atoms with E-state index in [0.29, 0.717) is 10.6 Å². The number of aliphatic hydroxyl groups excluding tert-OH is 1. The van der Waals surface area contributed by atoms with Gasteiger partial charge >= 0.3 is 0 Å². The highest BCUT2D eigenvalue weighted by atomic mass is 32.1. The van der Waals surface area contributed by atoms with E-state index in [4.69, 9.17) is 17.3 Å². The molecule has 4 nitrogen and oxygen atoms in total. The Morgan fingerprint density at radius 1 is 1.58 bits per heavy atom. The molecule has 0 aliphatic rings. The van der Waals surface area contributed by atoms with Crippen LogP contribution in [0.2, 0.25) is 0 Å². The minimum atomic E-state index is -0.137. The highest BCUT2D eigenvalue weighted by molar-refractivity contribution is 7.71. The lowest BCUT2D eigenvalue weighted by molar-refractivity contribution is 0.249. The fraction of sp³-hybridized carbons (Fsp3) is 0.714. The lowest BCUT2D eigenvalue weighted by Gasteiger charge is -2.21. The van der Waals surface area contributed by atoms with Crippen LogP contribution >= 0.6 is 12.2 Å². The van der Waals surface area contributed by atoms with Crippen LogP contribution in [0.1, 0.15) is 26.6 Å². The van der Waals surface area contributed by atoms with Crippen LogP contribution < -0.4 is 0 Å². The maximum absolute atomic E-state index is 8.95. The van der Waals surface area contributed by atoms with Crippen LogP contribution in [-0.2, 0) is 12.1 Å². The maximum Gasteiger partial charge on any atom is 0.195 e. The second kappa shape index (κ2) is 2.99. The quantitative estimate of drug-likeness (QED) is 0.649. The summed E-state index contributed by atoms with van der Waals surface area (Å²) in [5.74, 6) is 0.576. The molecule has 1 heterocycles. The van der Waals surface area contributed by atoms with Crippen molar-refractivity contribution in [2.75, 3.05) is 0 Å². The second-order valence-electron chi connectivity index (χ2n) is 3.61. The minimum absolute atomic E-state index is 0.0928. The Morgan fingerprint density at radius 2 is 2.17 bits per heavy atom. The standard InChI is InChI=1S/C7H13N3OS/c1-7(2,3)10-5(4-11)8-9-6(10)12/h11H,4H2,1-3H3,(H,9,12). The van der Waals surface area contributed by atoms with E-state index in [0.717, 1.165) is 0 Å². The fourth-order valence-electron chi connectivity index (χ4n) is 1.13. The predicted octanol–water partition coefficient (Wildman–Crippen LogP) is 1.19. The summed E-state index contributed by atoms with van der Waals surface area (Å²) in [7, 11) is 0. The molecular formula is C7H13N3OS. The van der Waals surface area contributed by atoms with E-state index in [-0.39, 0.29) is 12.1 Å². The topological polar surface area (TPSA) is 53.8 Å². The Balaban J connectivity index is 3.29. The molecule has 5 heteroatoms. The van der Waals surface area contributed by atoms with Gasteiger partial charge in [-0.2, -0.15) is 5.10 Å².